The van der Waals surface area contributed by atoms with E-state index in [2.05, 4.69) is 0 Å². The number of carbonyl (C=O) groups is 1. The molecule has 0 aromatic heterocycles. The van der Waals surface area contributed by atoms with Gasteiger partial charge in [0.2, 0.25) is 0 Å². The molecule has 12 heavy (non-hydrogen) atoms. The maximum Gasteiger partial charge on any atom is 0.333 e. The minimum absolute atomic E-state index is 0.370. The number of carbonyl (C=O) groups excluding carboxylic acids is 1. The smallest absolute Gasteiger partial charge is 0.333 e. The molecule has 0 saturated carbocycles. The zero-order valence-corrected chi connectivity index (χ0v) is 8.00. The van der Waals surface area contributed by atoms with Crippen molar-refractivity contribution in [2.45, 2.75) is 39.9 Å². The lowest BCUT2D eigenvalue weighted by Gasteiger charge is -2.15. The number of hydrogen-bond donors (Lipinski definition) is 1. The van der Waals surface area contributed by atoms with Gasteiger partial charge < -0.3 is 9.84 Å². The zero-order valence-electron chi connectivity index (χ0n) is 8.00. The molecule has 0 aromatic carbocycles. The highest BCUT2D eigenvalue weighted by atomic mass is 16.6. The van der Waals surface area contributed by atoms with Crippen LogP contribution in [0, 0.1) is 0 Å². The van der Waals surface area contributed by atoms with Crippen molar-refractivity contribution < 1.29 is 14.6 Å². The van der Waals surface area contributed by atoms with Crippen LogP contribution in [0.25, 0.3) is 0 Å². The van der Waals surface area contributed by atoms with Crippen LogP contribution in [0.15, 0.2) is 11.6 Å². The van der Waals surface area contributed by atoms with Crippen LogP contribution in [0.5, 0.6) is 0 Å². The first-order chi connectivity index (χ1) is 5.49. The second-order valence-electron chi connectivity index (χ2n) is 2.82. The Labute approximate surface area is 73.0 Å². The molecule has 2 unspecified atom stereocenters. The molecular formula is C9H16O3. The van der Waals surface area contributed by atoms with E-state index in [1.54, 1.807) is 33.8 Å². The Kier molecular flexibility index (Phi) is 4.59. The van der Waals surface area contributed by atoms with Crippen LogP contribution in [0.1, 0.15) is 27.7 Å². The number of rotatable bonds is 3. The summed E-state index contributed by atoms with van der Waals surface area (Å²) in [4.78, 5) is 11.1. The number of hydrogen-bond acceptors (Lipinski definition) is 3. The lowest BCUT2D eigenvalue weighted by atomic mass is 10.2. The first-order valence-corrected chi connectivity index (χ1v) is 4.01. The molecule has 3 heteroatoms. The van der Waals surface area contributed by atoms with Gasteiger partial charge in [-0.2, -0.15) is 0 Å². The first kappa shape index (κ1) is 11.2. The monoisotopic (exact) mass is 172 g/mol. The lowest BCUT2D eigenvalue weighted by Crippen LogP contribution is -2.26. The van der Waals surface area contributed by atoms with Gasteiger partial charge >= 0.3 is 5.97 Å². The van der Waals surface area contributed by atoms with Gasteiger partial charge in [-0.25, -0.2) is 4.79 Å². The summed E-state index contributed by atoms with van der Waals surface area (Å²) in [6, 6.07) is 0. The average Bonchev–Trinajstić information content (AvgIpc) is 2.02. The molecule has 0 aromatic rings. The van der Waals surface area contributed by atoms with E-state index in [0.29, 0.717) is 5.57 Å². The number of ether oxygens (including phenoxy) is 1. The number of aliphatic hydroxyl groups is 1. The average molecular weight is 172 g/mol. The summed E-state index contributed by atoms with van der Waals surface area (Å²) in [6.45, 7) is 6.69. The van der Waals surface area contributed by atoms with Gasteiger partial charge in [0.05, 0.1) is 6.10 Å². The predicted octanol–water partition coefficient (Wildman–Crippen LogP) is 1.27. The third-order valence-electron chi connectivity index (χ3n) is 1.73. The quantitative estimate of drug-likeness (QED) is 0.515. The molecule has 0 fully saturated rings. The minimum Gasteiger partial charge on any atom is -0.457 e. The van der Waals surface area contributed by atoms with E-state index >= 15 is 0 Å². The van der Waals surface area contributed by atoms with Gasteiger partial charge in [-0.1, -0.05) is 6.08 Å². The molecule has 0 aliphatic rings. The molecule has 0 bridgehead atoms. The lowest BCUT2D eigenvalue weighted by molar-refractivity contribution is -0.148. The SMILES string of the molecule is CC=C(C)C(=O)OC(C)C(C)O. The molecule has 0 radical (unpaired) electrons. The fraction of sp³-hybridized carbons (Fsp3) is 0.667. The highest BCUT2D eigenvalue weighted by Gasteiger charge is 2.14. The number of esters is 1. The van der Waals surface area contributed by atoms with Gasteiger partial charge in [-0.15, -0.1) is 0 Å². The Morgan fingerprint density at radius 3 is 2.33 bits per heavy atom. The summed E-state index contributed by atoms with van der Waals surface area (Å²) in [5.74, 6) is -0.370. The molecule has 0 saturated heterocycles. The van der Waals surface area contributed by atoms with Crippen LogP contribution in [-0.2, 0) is 9.53 Å². The van der Waals surface area contributed by atoms with Gasteiger partial charge in [-0.3, -0.25) is 0 Å². The highest BCUT2D eigenvalue weighted by molar-refractivity contribution is 5.87. The van der Waals surface area contributed by atoms with Crippen LogP contribution in [0.2, 0.25) is 0 Å². The van der Waals surface area contributed by atoms with Gasteiger partial charge in [0.1, 0.15) is 6.10 Å². The van der Waals surface area contributed by atoms with Gasteiger partial charge in [-0.05, 0) is 27.7 Å². The van der Waals surface area contributed by atoms with Crippen molar-refractivity contribution in [2.75, 3.05) is 0 Å². The Morgan fingerprint density at radius 1 is 1.50 bits per heavy atom. The Morgan fingerprint density at radius 2 is 2.00 bits per heavy atom. The fourth-order valence-corrected chi connectivity index (χ4v) is 0.478. The summed E-state index contributed by atoms with van der Waals surface area (Å²) in [7, 11) is 0. The van der Waals surface area contributed by atoms with Crippen molar-refractivity contribution >= 4 is 5.97 Å². The summed E-state index contributed by atoms with van der Waals surface area (Å²) in [5.41, 5.74) is 0.558. The summed E-state index contributed by atoms with van der Waals surface area (Å²) in [6.07, 6.45) is 0.600. The van der Waals surface area contributed by atoms with E-state index in [0.717, 1.165) is 0 Å². The summed E-state index contributed by atoms with van der Waals surface area (Å²) >= 11 is 0. The highest BCUT2D eigenvalue weighted by Crippen LogP contribution is 2.03. The number of allylic oxidation sites excluding steroid dienone is 1. The Balaban J connectivity index is 4.02. The maximum absolute atomic E-state index is 11.1. The van der Waals surface area contributed by atoms with E-state index < -0.39 is 12.2 Å². The van der Waals surface area contributed by atoms with E-state index in [-0.39, 0.29) is 5.97 Å². The molecule has 2 atom stereocenters. The van der Waals surface area contributed by atoms with Crippen molar-refractivity contribution in [1.82, 2.24) is 0 Å². The Bertz CT molecular complexity index is 182. The zero-order chi connectivity index (χ0) is 9.72. The number of aliphatic hydroxyl groups excluding tert-OH is 1. The minimum atomic E-state index is -0.626. The van der Waals surface area contributed by atoms with Crippen molar-refractivity contribution in [2.24, 2.45) is 0 Å². The van der Waals surface area contributed by atoms with Crippen LogP contribution in [0.3, 0.4) is 0 Å². The standard InChI is InChI=1S/C9H16O3/c1-5-6(2)9(11)12-8(4)7(3)10/h5,7-8,10H,1-4H3. The molecule has 70 valence electrons. The van der Waals surface area contributed by atoms with Crippen molar-refractivity contribution in [1.29, 1.82) is 0 Å². The van der Waals surface area contributed by atoms with E-state index in [1.165, 1.54) is 0 Å². The normalized spacial score (nSPS) is 16.9. The van der Waals surface area contributed by atoms with Crippen molar-refractivity contribution in [3.05, 3.63) is 11.6 Å². The molecule has 1 N–H and O–H groups in total. The molecule has 0 amide bonds. The van der Waals surface area contributed by atoms with Crippen LogP contribution in [0.4, 0.5) is 0 Å². The second-order valence-corrected chi connectivity index (χ2v) is 2.82. The molecule has 0 aliphatic carbocycles. The first-order valence-electron chi connectivity index (χ1n) is 4.01. The topological polar surface area (TPSA) is 46.5 Å². The third-order valence-corrected chi connectivity index (χ3v) is 1.73. The van der Waals surface area contributed by atoms with E-state index in [1.807, 2.05) is 0 Å². The molecule has 0 rings (SSSR count). The molecule has 0 aliphatic heterocycles. The molecule has 0 heterocycles. The molecule has 3 nitrogen and oxygen atoms in total. The van der Waals surface area contributed by atoms with Crippen LogP contribution < -0.4 is 0 Å². The van der Waals surface area contributed by atoms with Crippen molar-refractivity contribution in [3.8, 4) is 0 Å². The maximum atomic E-state index is 11.1. The van der Waals surface area contributed by atoms with Gasteiger partial charge in [0.15, 0.2) is 0 Å². The summed E-state index contributed by atoms with van der Waals surface area (Å²) < 4.78 is 4.91. The Hall–Kier alpha value is -0.830. The largest absolute Gasteiger partial charge is 0.457 e. The predicted molar refractivity (Wildman–Crippen MR) is 46.7 cm³/mol. The van der Waals surface area contributed by atoms with Gasteiger partial charge in [0.25, 0.3) is 0 Å². The van der Waals surface area contributed by atoms with E-state index in [4.69, 9.17) is 9.84 Å². The van der Waals surface area contributed by atoms with Crippen molar-refractivity contribution in [3.63, 3.8) is 0 Å². The van der Waals surface area contributed by atoms with E-state index in [9.17, 15) is 4.79 Å². The molecule has 0 spiro atoms. The second kappa shape index (κ2) is 4.93. The summed E-state index contributed by atoms with van der Waals surface area (Å²) in [5, 5.41) is 9.03. The van der Waals surface area contributed by atoms with Crippen LogP contribution in [-0.4, -0.2) is 23.3 Å². The van der Waals surface area contributed by atoms with Gasteiger partial charge in [0, 0.05) is 5.57 Å². The van der Waals surface area contributed by atoms with Crippen LogP contribution >= 0.6 is 0 Å². The third kappa shape index (κ3) is 3.53. The fourth-order valence-electron chi connectivity index (χ4n) is 0.478. The molecular weight excluding hydrogens is 156 g/mol.